The van der Waals surface area contributed by atoms with E-state index in [2.05, 4.69) is 15.7 Å². The molecule has 2 aromatic carbocycles. The molecule has 0 atom stereocenters. The Bertz CT molecular complexity index is 1210. The minimum absolute atomic E-state index is 0.0363. The molecule has 4 N–H and O–H groups in total. The van der Waals surface area contributed by atoms with Crippen LogP contribution in [0.25, 0.3) is 5.69 Å². The first-order chi connectivity index (χ1) is 15.6. The van der Waals surface area contributed by atoms with Gasteiger partial charge >= 0.3 is 0 Å². The highest BCUT2D eigenvalue weighted by Gasteiger charge is 2.25. The molecule has 3 rings (SSSR count). The number of carbonyl (C=O) groups is 3. The van der Waals surface area contributed by atoms with Crippen molar-refractivity contribution in [1.82, 2.24) is 15.1 Å². The molecule has 33 heavy (non-hydrogen) atoms. The van der Waals surface area contributed by atoms with Crippen molar-refractivity contribution < 1.29 is 14.4 Å². The van der Waals surface area contributed by atoms with E-state index in [-0.39, 0.29) is 23.4 Å². The van der Waals surface area contributed by atoms with Gasteiger partial charge in [0.15, 0.2) is 5.69 Å². The molecule has 3 amide bonds. The molecule has 8 nitrogen and oxygen atoms in total. The van der Waals surface area contributed by atoms with Gasteiger partial charge in [-0.3, -0.25) is 14.4 Å². The molecule has 8 heteroatoms. The molecule has 0 fully saturated rings. The van der Waals surface area contributed by atoms with Crippen molar-refractivity contribution in [2.24, 2.45) is 5.73 Å². The fourth-order valence-corrected chi connectivity index (χ4v) is 3.57. The van der Waals surface area contributed by atoms with Crippen LogP contribution in [0.15, 0.2) is 42.5 Å². The Balaban J connectivity index is 1.85. The smallest absolute Gasteiger partial charge is 0.269 e. The van der Waals surface area contributed by atoms with Gasteiger partial charge < -0.3 is 16.4 Å². The standard InChI is InChI=1S/C25H29N5O3/c1-14(2)21-22(28-17(5)31)23(24(26)32)30(29-21)19-10-8-18(9-11-19)13-27-25(33)20-12-15(3)6-7-16(20)4/h6-12,14H,13H2,1-5H3,(H2,26,32)(H,27,33)(H,28,31). The molecule has 0 aliphatic carbocycles. The zero-order chi connectivity index (χ0) is 24.3. The van der Waals surface area contributed by atoms with E-state index >= 15 is 0 Å². The summed E-state index contributed by atoms with van der Waals surface area (Å²) in [6.45, 7) is 9.42. The summed E-state index contributed by atoms with van der Waals surface area (Å²) in [5, 5.41) is 10.2. The number of nitrogens with zero attached hydrogens (tertiary/aromatic N) is 2. The second-order valence-corrected chi connectivity index (χ2v) is 8.39. The molecular formula is C25H29N5O3. The fourth-order valence-electron chi connectivity index (χ4n) is 3.57. The number of aromatic nitrogens is 2. The van der Waals surface area contributed by atoms with Gasteiger partial charge in [-0.1, -0.05) is 43.7 Å². The van der Waals surface area contributed by atoms with Gasteiger partial charge in [-0.15, -0.1) is 0 Å². The molecule has 172 valence electrons. The zero-order valence-corrected chi connectivity index (χ0v) is 19.5. The summed E-state index contributed by atoms with van der Waals surface area (Å²) in [4.78, 5) is 36.5. The van der Waals surface area contributed by atoms with Gasteiger partial charge in [0.1, 0.15) is 0 Å². The van der Waals surface area contributed by atoms with Gasteiger partial charge in [0.05, 0.1) is 17.1 Å². The number of primary amides is 1. The number of benzene rings is 2. The molecule has 3 aromatic rings. The minimum Gasteiger partial charge on any atom is -0.364 e. The number of nitrogens with one attached hydrogen (secondary N) is 2. The number of hydrogen-bond donors (Lipinski definition) is 3. The highest BCUT2D eigenvalue weighted by molar-refractivity contribution is 6.02. The lowest BCUT2D eigenvalue weighted by atomic mass is 10.0. The number of carbonyl (C=O) groups excluding carboxylic acids is 3. The predicted molar refractivity (Wildman–Crippen MR) is 128 cm³/mol. The first kappa shape index (κ1) is 23.7. The molecule has 0 radical (unpaired) electrons. The first-order valence-corrected chi connectivity index (χ1v) is 10.7. The van der Waals surface area contributed by atoms with E-state index in [1.54, 1.807) is 12.1 Å². The molecule has 0 saturated heterocycles. The maximum atomic E-state index is 12.6. The lowest BCUT2D eigenvalue weighted by Crippen LogP contribution is -2.23. The maximum Gasteiger partial charge on any atom is 0.269 e. The normalized spacial score (nSPS) is 10.8. The van der Waals surface area contributed by atoms with Crippen LogP contribution in [0.2, 0.25) is 0 Å². The number of nitrogens with two attached hydrogens (primary N) is 1. The van der Waals surface area contributed by atoms with E-state index in [4.69, 9.17) is 5.73 Å². The molecule has 0 spiro atoms. The van der Waals surface area contributed by atoms with Crippen LogP contribution >= 0.6 is 0 Å². The highest BCUT2D eigenvalue weighted by Crippen LogP contribution is 2.29. The lowest BCUT2D eigenvalue weighted by molar-refractivity contribution is -0.114. The molecule has 1 aromatic heterocycles. The molecule has 0 unspecified atom stereocenters. The highest BCUT2D eigenvalue weighted by atomic mass is 16.2. The Hall–Kier alpha value is -3.94. The van der Waals surface area contributed by atoms with E-state index < -0.39 is 5.91 Å². The summed E-state index contributed by atoms with van der Waals surface area (Å²) in [5.74, 6) is -1.17. The fraction of sp³-hybridized carbons (Fsp3) is 0.280. The van der Waals surface area contributed by atoms with Crippen LogP contribution < -0.4 is 16.4 Å². The summed E-state index contributed by atoms with van der Waals surface area (Å²) in [7, 11) is 0. The quantitative estimate of drug-likeness (QED) is 0.513. The SMILES string of the molecule is CC(=O)Nc1c(C(C)C)nn(-c2ccc(CNC(=O)c3cc(C)ccc3C)cc2)c1C(N)=O. The van der Waals surface area contributed by atoms with Crippen LogP contribution in [0.1, 0.15) is 69.9 Å². The van der Waals surface area contributed by atoms with Crippen molar-refractivity contribution in [2.45, 2.75) is 47.1 Å². The second kappa shape index (κ2) is 9.68. The molecule has 0 aliphatic heterocycles. The Morgan fingerprint density at radius 1 is 1.06 bits per heavy atom. The van der Waals surface area contributed by atoms with Crippen molar-refractivity contribution >= 4 is 23.4 Å². The number of amides is 3. The molecular weight excluding hydrogens is 418 g/mol. The Kier molecular flexibility index (Phi) is 6.96. The van der Waals surface area contributed by atoms with E-state index in [0.29, 0.717) is 29.2 Å². The van der Waals surface area contributed by atoms with E-state index in [0.717, 1.165) is 16.7 Å². The monoisotopic (exact) mass is 447 g/mol. The van der Waals surface area contributed by atoms with Gasteiger partial charge in [-0.25, -0.2) is 4.68 Å². The minimum atomic E-state index is -0.692. The van der Waals surface area contributed by atoms with Crippen LogP contribution in [0.5, 0.6) is 0 Å². The van der Waals surface area contributed by atoms with Crippen LogP contribution in [0.4, 0.5) is 5.69 Å². The average molecular weight is 448 g/mol. The summed E-state index contributed by atoms with van der Waals surface area (Å²) in [6.07, 6.45) is 0. The molecule has 0 aliphatic rings. The first-order valence-electron chi connectivity index (χ1n) is 10.7. The summed E-state index contributed by atoms with van der Waals surface area (Å²) >= 11 is 0. The van der Waals surface area contributed by atoms with Gasteiger partial charge in [0.2, 0.25) is 5.91 Å². The van der Waals surface area contributed by atoms with Crippen LogP contribution in [0.3, 0.4) is 0 Å². The molecule has 1 heterocycles. The van der Waals surface area contributed by atoms with E-state index in [9.17, 15) is 14.4 Å². The third-order valence-corrected chi connectivity index (χ3v) is 5.27. The van der Waals surface area contributed by atoms with Crippen LogP contribution in [-0.4, -0.2) is 27.5 Å². The van der Waals surface area contributed by atoms with Crippen molar-refractivity contribution in [2.75, 3.05) is 5.32 Å². The Morgan fingerprint density at radius 2 is 1.73 bits per heavy atom. The predicted octanol–water partition coefficient (Wildman–Crippen LogP) is 3.60. The van der Waals surface area contributed by atoms with Gasteiger partial charge in [0, 0.05) is 19.0 Å². The van der Waals surface area contributed by atoms with Crippen LogP contribution in [-0.2, 0) is 11.3 Å². The third-order valence-electron chi connectivity index (χ3n) is 5.27. The number of anilines is 1. The van der Waals surface area contributed by atoms with Crippen molar-refractivity contribution in [3.63, 3.8) is 0 Å². The molecule has 0 bridgehead atoms. The van der Waals surface area contributed by atoms with Crippen molar-refractivity contribution in [1.29, 1.82) is 0 Å². The van der Waals surface area contributed by atoms with E-state index in [1.807, 2.05) is 58.0 Å². The number of rotatable bonds is 7. The number of hydrogen-bond acceptors (Lipinski definition) is 4. The Labute approximate surface area is 193 Å². The lowest BCUT2D eigenvalue weighted by Gasteiger charge is -2.10. The third kappa shape index (κ3) is 5.28. The average Bonchev–Trinajstić information content (AvgIpc) is 3.13. The second-order valence-electron chi connectivity index (χ2n) is 8.39. The summed E-state index contributed by atoms with van der Waals surface area (Å²) < 4.78 is 1.45. The van der Waals surface area contributed by atoms with Gasteiger partial charge in [-0.2, -0.15) is 5.10 Å². The molecule has 0 saturated carbocycles. The Morgan fingerprint density at radius 3 is 2.30 bits per heavy atom. The van der Waals surface area contributed by atoms with Crippen molar-refractivity contribution in [3.8, 4) is 5.69 Å². The van der Waals surface area contributed by atoms with E-state index in [1.165, 1.54) is 11.6 Å². The van der Waals surface area contributed by atoms with Crippen LogP contribution in [0, 0.1) is 13.8 Å². The van der Waals surface area contributed by atoms with Gasteiger partial charge in [0.25, 0.3) is 11.8 Å². The largest absolute Gasteiger partial charge is 0.364 e. The number of aryl methyl sites for hydroxylation is 2. The zero-order valence-electron chi connectivity index (χ0n) is 19.5. The maximum absolute atomic E-state index is 12.6. The van der Waals surface area contributed by atoms with Crippen molar-refractivity contribution in [3.05, 3.63) is 76.1 Å². The summed E-state index contributed by atoms with van der Waals surface area (Å²) in [5.41, 5.74) is 10.8. The topological polar surface area (TPSA) is 119 Å². The van der Waals surface area contributed by atoms with Gasteiger partial charge in [-0.05, 0) is 49.1 Å². The summed E-state index contributed by atoms with van der Waals surface area (Å²) in [6, 6.07) is 13.1.